The van der Waals surface area contributed by atoms with Gasteiger partial charge in [0.25, 0.3) is 0 Å². The zero-order valence-corrected chi connectivity index (χ0v) is 37.9. The highest BCUT2D eigenvalue weighted by Gasteiger charge is 2.26. The Morgan fingerprint density at radius 2 is 0.729 bits per heavy atom. The zero-order chi connectivity index (χ0) is 46.5. The average molecular weight is 889 g/mol. The fourth-order valence-corrected chi connectivity index (χ4v) is 10.3. The standard InChI is InChI=1S/C66H40N4/c1-67-53-36-37-54(61(41-53)56-25-8-7-24-55(56)57-27-13-28-59-58-26-11-18-44-19-12-29-60(62(44)58)63(57)59)51-22-9-20-48(39-51)49-21-10-23-52(40-49)66-69-64(45-15-3-2-4-16-45)68-65(70-66)46-33-30-43(31-34-46)50-35-32-42-14-5-6-17-47(42)38-50/h2-41H. The summed E-state index contributed by atoms with van der Waals surface area (Å²) >= 11 is 0. The molecular formula is C66H40N4. The Morgan fingerprint density at radius 1 is 0.257 bits per heavy atom. The fraction of sp³-hybridized carbons (Fsp3) is 0. The number of fused-ring (bicyclic) bond motifs is 4. The maximum absolute atomic E-state index is 8.07. The van der Waals surface area contributed by atoms with Crippen molar-refractivity contribution in [3.63, 3.8) is 0 Å². The van der Waals surface area contributed by atoms with E-state index < -0.39 is 0 Å². The van der Waals surface area contributed by atoms with E-state index >= 15 is 0 Å². The van der Waals surface area contributed by atoms with Gasteiger partial charge >= 0.3 is 0 Å². The third kappa shape index (κ3) is 7.13. The van der Waals surface area contributed by atoms with Crippen molar-refractivity contribution in [1.29, 1.82) is 0 Å². The molecule has 0 radical (unpaired) electrons. The molecule has 324 valence electrons. The van der Waals surface area contributed by atoms with Gasteiger partial charge in [0.05, 0.1) is 6.57 Å². The minimum Gasteiger partial charge on any atom is -0.238 e. The number of hydrogen-bond acceptors (Lipinski definition) is 3. The fourth-order valence-electron chi connectivity index (χ4n) is 10.3. The quantitative estimate of drug-likeness (QED) is 0.143. The van der Waals surface area contributed by atoms with Crippen LogP contribution in [0, 0.1) is 6.57 Å². The molecule has 70 heavy (non-hydrogen) atoms. The van der Waals surface area contributed by atoms with E-state index in [1.54, 1.807) is 0 Å². The first kappa shape index (κ1) is 40.7. The molecule has 0 amide bonds. The third-order valence-corrected chi connectivity index (χ3v) is 13.7. The molecule has 11 aromatic carbocycles. The Morgan fingerprint density at radius 3 is 1.47 bits per heavy atom. The lowest BCUT2D eigenvalue weighted by atomic mass is 9.85. The Labute approximate surface area is 406 Å². The zero-order valence-electron chi connectivity index (χ0n) is 37.9. The van der Waals surface area contributed by atoms with E-state index in [0.29, 0.717) is 23.2 Å². The molecule has 0 spiro atoms. The number of benzene rings is 11. The van der Waals surface area contributed by atoms with Crippen LogP contribution in [0.4, 0.5) is 5.69 Å². The second-order valence-corrected chi connectivity index (χ2v) is 17.8. The molecular weight excluding hydrogens is 849 g/mol. The van der Waals surface area contributed by atoms with Gasteiger partial charge in [-0.3, -0.25) is 0 Å². The van der Waals surface area contributed by atoms with Crippen LogP contribution in [0.3, 0.4) is 0 Å². The van der Waals surface area contributed by atoms with Crippen molar-refractivity contribution in [2.75, 3.05) is 0 Å². The van der Waals surface area contributed by atoms with Gasteiger partial charge < -0.3 is 0 Å². The van der Waals surface area contributed by atoms with Crippen molar-refractivity contribution in [3.8, 4) is 112 Å². The molecule has 0 unspecified atom stereocenters. The summed E-state index contributed by atoms with van der Waals surface area (Å²) in [5.41, 5.74) is 19.2. The molecule has 1 aliphatic carbocycles. The molecule has 0 saturated heterocycles. The smallest absolute Gasteiger partial charge is 0.187 e. The van der Waals surface area contributed by atoms with Crippen molar-refractivity contribution in [3.05, 3.63) is 254 Å². The lowest BCUT2D eigenvalue weighted by Gasteiger charge is -2.18. The molecule has 1 heterocycles. The van der Waals surface area contributed by atoms with Crippen LogP contribution in [-0.2, 0) is 0 Å². The van der Waals surface area contributed by atoms with Crippen molar-refractivity contribution < 1.29 is 0 Å². The van der Waals surface area contributed by atoms with Gasteiger partial charge in [-0.2, -0.15) is 0 Å². The van der Waals surface area contributed by atoms with E-state index in [9.17, 15) is 0 Å². The van der Waals surface area contributed by atoms with Crippen LogP contribution < -0.4 is 0 Å². The van der Waals surface area contributed by atoms with E-state index in [4.69, 9.17) is 21.5 Å². The summed E-state index contributed by atoms with van der Waals surface area (Å²) in [4.78, 5) is 19.2. The van der Waals surface area contributed by atoms with Crippen molar-refractivity contribution in [2.24, 2.45) is 0 Å². The maximum Gasteiger partial charge on any atom is 0.187 e. The maximum atomic E-state index is 8.07. The first-order chi connectivity index (χ1) is 34.6. The van der Waals surface area contributed by atoms with E-state index in [-0.39, 0.29) is 0 Å². The SMILES string of the molecule is [C-]#[N+]c1ccc(-c2cccc(-c3cccc(-c4nc(-c5ccccc5)nc(-c5ccc(-c6ccc7ccccc7c6)cc5)n4)c3)c2)c(-c2ccccc2-c2cccc3c2-c2cccc4cccc-3c24)c1. The van der Waals surface area contributed by atoms with Crippen molar-refractivity contribution >= 4 is 27.2 Å². The number of hydrogen-bond donors (Lipinski definition) is 0. The normalized spacial score (nSPS) is 11.4. The topological polar surface area (TPSA) is 43.0 Å². The lowest BCUT2D eigenvalue weighted by Crippen LogP contribution is -2.00. The monoisotopic (exact) mass is 888 g/mol. The minimum atomic E-state index is 0.598. The molecule has 0 aliphatic heterocycles. The molecule has 0 bridgehead atoms. The van der Waals surface area contributed by atoms with Crippen LogP contribution in [-0.4, -0.2) is 15.0 Å². The molecule has 0 saturated carbocycles. The van der Waals surface area contributed by atoms with Gasteiger partial charge in [0.2, 0.25) is 0 Å². The molecule has 1 aliphatic rings. The van der Waals surface area contributed by atoms with Crippen molar-refractivity contribution in [2.45, 2.75) is 0 Å². The second kappa shape index (κ2) is 16.9. The van der Waals surface area contributed by atoms with Crippen LogP contribution in [0.2, 0.25) is 0 Å². The van der Waals surface area contributed by atoms with Gasteiger partial charge in [0.15, 0.2) is 23.2 Å². The number of aromatic nitrogens is 3. The van der Waals surface area contributed by atoms with Gasteiger partial charge in [0.1, 0.15) is 0 Å². The van der Waals surface area contributed by atoms with Gasteiger partial charge in [-0.25, -0.2) is 19.8 Å². The highest BCUT2D eigenvalue weighted by molar-refractivity contribution is 6.18. The molecule has 13 rings (SSSR count). The second-order valence-electron chi connectivity index (χ2n) is 17.8. The molecule has 4 heteroatoms. The highest BCUT2D eigenvalue weighted by Crippen LogP contribution is 2.52. The largest absolute Gasteiger partial charge is 0.238 e. The molecule has 0 atom stereocenters. The molecule has 12 aromatic rings. The molecule has 0 fully saturated rings. The van der Waals surface area contributed by atoms with E-state index in [2.05, 4.69) is 205 Å². The van der Waals surface area contributed by atoms with E-state index in [1.165, 1.54) is 49.4 Å². The summed E-state index contributed by atoms with van der Waals surface area (Å²) < 4.78 is 0. The van der Waals surface area contributed by atoms with Crippen LogP contribution >= 0.6 is 0 Å². The molecule has 1 aromatic heterocycles. The number of nitrogens with zero attached hydrogens (tertiary/aromatic N) is 4. The molecule has 0 N–H and O–H groups in total. The van der Waals surface area contributed by atoms with E-state index in [1.807, 2.05) is 42.5 Å². The van der Waals surface area contributed by atoms with Crippen LogP contribution in [0.1, 0.15) is 0 Å². The Kier molecular flexibility index (Phi) is 9.85. The van der Waals surface area contributed by atoms with Crippen LogP contribution in [0.25, 0.3) is 138 Å². The van der Waals surface area contributed by atoms with Gasteiger partial charge in [-0.15, -0.1) is 0 Å². The first-order valence-electron chi connectivity index (χ1n) is 23.5. The summed E-state index contributed by atoms with van der Waals surface area (Å²) in [6.07, 6.45) is 0. The number of rotatable bonds is 8. The van der Waals surface area contributed by atoms with Gasteiger partial charge in [-0.05, 0) is 124 Å². The lowest BCUT2D eigenvalue weighted by molar-refractivity contribution is 1.07. The highest BCUT2D eigenvalue weighted by atomic mass is 15.0. The third-order valence-electron chi connectivity index (χ3n) is 13.7. The first-order valence-corrected chi connectivity index (χ1v) is 23.5. The summed E-state index contributed by atoms with van der Waals surface area (Å²) in [6, 6.07) is 85.4. The van der Waals surface area contributed by atoms with Crippen molar-refractivity contribution in [1.82, 2.24) is 15.0 Å². The predicted molar refractivity (Wildman–Crippen MR) is 289 cm³/mol. The Bertz CT molecular complexity index is 4070. The van der Waals surface area contributed by atoms with Gasteiger partial charge in [-0.1, -0.05) is 218 Å². The summed E-state index contributed by atoms with van der Waals surface area (Å²) in [6.45, 7) is 8.07. The van der Waals surface area contributed by atoms with Gasteiger partial charge in [0, 0.05) is 16.7 Å². The van der Waals surface area contributed by atoms with Crippen LogP contribution in [0.15, 0.2) is 243 Å². The minimum absolute atomic E-state index is 0.598. The predicted octanol–water partition coefficient (Wildman–Crippen LogP) is 17.7. The Balaban J connectivity index is 0.879. The van der Waals surface area contributed by atoms with E-state index in [0.717, 1.165) is 66.8 Å². The average Bonchev–Trinajstić information content (AvgIpc) is 3.78. The summed E-state index contributed by atoms with van der Waals surface area (Å²) in [7, 11) is 0. The summed E-state index contributed by atoms with van der Waals surface area (Å²) in [5, 5.41) is 4.99. The summed E-state index contributed by atoms with van der Waals surface area (Å²) in [5.74, 6) is 1.82. The molecule has 4 nitrogen and oxygen atoms in total. The Hall–Kier alpha value is -9.56. The van der Waals surface area contributed by atoms with Crippen LogP contribution in [0.5, 0.6) is 0 Å².